The van der Waals surface area contributed by atoms with E-state index in [0.717, 1.165) is 93.9 Å². The van der Waals surface area contributed by atoms with E-state index in [9.17, 15) is 19.2 Å². The first-order valence-corrected chi connectivity index (χ1v) is 21.8. The predicted molar refractivity (Wildman–Crippen MR) is 232 cm³/mol. The van der Waals surface area contributed by atoms with Gasteiger partial charge in [-0.2, -0.15) is 0 Å². The Kier molecular flexibility index (Phi) is 11.2. The van der Waals surface area contributed by atoms with Crippen LogP contribution in [0.1, 0.15) is 94.7 Å². The van der Waals surface area contributed by atoms with E-state index in [4.69, 9.17) is 28.9 Å². The van der Waals surface area contributed by atoms with Crippen LogP contribution in [0.5, 0.6) is 11.5 Å². The maximum absolute atomic E-state index is 14.2. The first kappa shape index (κ1) is 41.8. The molecule has 0 radical (unpaired) electrons. The van der Waals surface area contributed by atoms with Gasteiger partial charge in [-0.05, 0) is 80.7 Å². The van der Waals surface area contributed by atoms with E-state index in [2.05, 4.69) is 39.7 Å². The summed E-state index contributed by atoms with van der Waals surface area (Å²) in [6.45, 7) is 9.14. The van der Waals surface area contributed by atoms with Crippen molar-refractivity contribution in [3.05, 3.63) is 83.2 Å². The highest BCUT2D eigenvalue weighted by molar-refractivity contribution is 5.91. The third-order valence-electron chi connectivity index (χ3n) is 13.0. The number of hydrogen-bond acceptors (Lipinski definition) is 10. The van der Waals surface area contributed by atoms with Crippen LogP contribution in [0.2, 0.25) is 0 Å². The van der Waals surface area contributed by atoms with Crippen molar-refractivity contribution in [3.63, 3.8) is 0 Å². The summed E-state index contributed by atoms with van der Waals surface area (Å²) in [4.78, 5) is 72.9. The van der Waals surface area contributed by atoms with E-state index in [1.165, 1.54) is 14.2 Å². The molecule has 2 aromatic carbocycles. The maximum atomic E-state index is 14.2. The van der Waals surface area contributed by atoms with Crippen molar-refractivity contribution >= 4 is 24.0 Å². The Balaban J connectivity index is 0.951. The minimum Gasteiger partial charge on any atom is -0.488 e. The fourth-order valence-electron chi connectivity index (χ4n) is 9.81. The molecular weight excluding hydrogens is 805 g/mol. The van der Waals surface area contributed by atoms with Crippen molar-refractivity contribution in [2.24, 2.45) is 11.8 Å². The average molecular weight is 859 g/mol. The van der Waals surface area contributed by atoms with Crippen molar-refractivity contribution < 1.29 is 38.1 Å². The second kappa shape index (κ2) is 16.9. The first-order chi connectivity index (χ1) is 30.4. The van der Waals surface area contributed by atoms with Crippen LogP contribution in [0.25, 0.3) is 33.6 Å². The lowest BCUT2D eigenvalue weighted by atomic mass is 9.87. The zero-order valence-electron chi connectivity index (χ0n) is 36.4. The van der Waals surface area contributed by atoms with Crippen molar-refractivity contribution in [2.75, 3.05) is 20.8 Å². The number of aromatic amines is 2. The second-order valence-electron chi connectivity index (χ2n) is 17.6. The average Bonchev–Trinajstić information content (AvgIpc) is 4.13. The molecule has 16 nitrogen and oxygen atoms in total. The van der Waals surface area contributed by atoms with Gasteiger partial charge >= 0.3 is 12.2 Å². The van der Waals surface area contributed by atoms with Gasteiger partial charge in [-0.15, -0.1) is 0 Å². The van der Waals surface area contributed by atoms with E-state index in [-0.39, 0.29) is 41.8 Å². The monoisotopic (exact) mass is 858 g/mol. The van der Waals surface area contributed by atoms with Gasteiger partial charge in [0.1, 0.15) is 48.4 Å². The fraction of sp³-hybridized carbons (Fsp3) is 0.447. The highest BCUT2D eigenvalue weighted by Gasteiger charge is 2.42. The van der Waals surface area contributed by atoms with E-state index in [1.807, 2.05) is 60.9 Å². The van der Waals surface area contributed by atoms with Gasteiger partial charge < -0.3 is 49.3 Å². The third kappa shape index (κ3) is 7.80. The third-order valence-corrected chi connectivity index (χ3v) is 13.0. The second-order valence-corrected chi connectivity index (χ2v) is 17.6. The van der Waals surface area contributed by atoms with Gasteiger partial charge in [-0.25, -0.2) is 19.6 Å². The van der Waals surface area contributed by atoms with Gasteiger partial charge in [0.05, 0.1) is 50.1 Å². The number of allylic oxidation sites excluding steroid dienone is 2. The minimum atomic E-state index is -0.867. The van der Waals surface area contributed by atoms with E-state index in [1.54, 1.807) is 12.4 Å². The molecule has 6 atom stereocenters. The molecule has 16 heteroatoms. The number of carbonyl (C=O) groups is 4. The largest absolute Gasteiger partial charge is 0.488 e. The Morgan fingerprint density at radius 1 is 0.794 bits per heavy atom. The number of carbonyl (C=O) groups excluding carboxylic acids is 4. The van der Waals surface area contributed by atoms with Gasteiger partial charge in [0.25, 0.3) is 5.91 Å². The van der Waals surface area contributed by atoms with Crippen molar-refractivity contribution in [1.29, 1.82) is 0 Å². The number of rotatable bonds is 10. The zero-order chi connectivity index (χ0) is 44.1. The summed E-state index contributed by atoms with van der Waals surface area (Å²) in [5, 5.41) is 5.49. The number of amides is 4. The Labute approximate surface area is 365 Å². The molecule has 4 amide bonds. The molecule has 9 rings (SSSR count). The number of methoxy groups -OCH3 is 2. The molecule has 63 heavy (non-hydrogen) atoms. The molecule has 4 aliphatic heterocycles. The first-order valence-electron chi connectivity index (χ1n) is 21.8. The Hall–Kier alpha value is -6.58. The van der Waals surface area contributed by atoms with Crippen LogP contribution in [0.4, 0.5) is 9.59 Å². The zero-order valence-corrected chi connectivity index (χ0v) is 36.4. The lowest BCUT2D eigenvalue weighted by molar-refractivity contribution is -0.137. The van der Waals surface area contributed by atoms with Crippen LogP contribution in [0.3, 0.4) is 0 Å². The number of imidazole rings is 2. The normalized spacial score (nSPS) is 21.8. The van der Waals surface area contributed by atoms with E-state index >= 15 is 0 Å². The number of likely N-dealkylation sites (tertiary alicyclic amines) is 2. The van der Waals surface area contributed by atoms with Crippen molar-refractivity contribution in [1.82, 2.24) is 40.4 Å². The smallest absolute Gasteiger partial charge is 0.407 e. The molecular formula is C47H54N8O8. The number of H-pyrrole nitrogens is 2. The SMILES string of the molecule is COC(=O)NC(C(=O)N1C[C@@H](C)C[C@H]1c1ncc(-c2cc3c4c(c2)OCc2cc(-c5cnc([C@@H]6CC[C@H](C)N6C(=O)C(NC(=O)OC)C(C)C)[nH]5)cc(c2-4)OC3)[nH]1)C1=CCCC=C1. The summed E-state index contributed by atoms with van der Waals surface area (Å²) in [6.07, 6.45) is 12.2. The fourth-order valence-corrected chi connectivity index (χ4v) is 9.81. The van der Waals surface area contributed by atoms with Crippen LogP contribution in [0.15, 0.2) is 60.5 Å². The summed E-state index contributed by atoms with van der Waals surface area (Å²) in [6, 6.07) is 6.05. The van der Waals surface area contributed by atoms with E-state index < -0.39 is 24.3 Å². The Morgan fingerprint density at radius 2 is 1.40 bits per heavy atom. The number of benzene rings is 2. The van der Waals surface area contributed by atoms with Crippen LogP contribution in [0, 0.1) is 11.8 Å². The molecule has 2 saturated heterocycles. The minimum absolute atomic E-state index is 0.0315. The highest BCUT2D eigenvalue weighted by atomic mass is 16.5. The molecule has 2 aromatic heterocycles. The van der Waals surface area contributed by atoms with Crippen molar-refractivity contribution in [3.8, 4) is 45.1 Å². The Bertz CT molecular complexity index is 2470. The molecule has 0 bridgehead atoms. The Morgan fingerprint density at radius 3 is 1.97 bits per heavy atom. The molecule has 330 valence electrons. The van der Waals surface area contributed by atoms with Gasteiger partial charge in [0.2, 0.25) is 5.91 Å². The maximum Gasteiger partial charge on any atom is 0.407 e. The molecule has 5 aliphatic rings. The number of ether oxygens (including phenoxy) is 4. The number of nitrogens with zero attached hydrogens (tertiary/aromatic N) is 4. The van der Waals surface area contributed by atoms with Gasteiger partial charge in [0, 0.05) is 46.0 Å². The highest BCUT2D eigenvalue weighted by Crippen LogP contribution is 2.51. The summed E-state index contributed by atoms with van der Waals surface area (Å²) in [7, 11) is 2.58. The van der Waals surface area contributed by atoms with Crippen LogP contribution in [-0.4, -0.2) is 92.6 Å². The van der Waals surface area contributed by atoms with Gasteiger partial charge in [-0.1, -0.05) is 39.0 Å². The summed E-state index contributed by atoms with van der Waals surface area (Å²) < 4.78 is 22.6. The van der Waals surface area contributed by atoms with Crippen LogP contribution < -0.4 is 20.1 Å². The van der Waals surface area contributed by atoms with Crippen molar-refractivity contribution in [2.45, 2.75) is 103 Å². The molecule has 6 heterocycles. The molecule has 4 aromatic rings. The van der Waals surface area contributed by atoms with Crippen LogP contribution in [-0.2, 0) is 32.3 Å². The topological polar surface area (TPSA) is 193 Å². The summed E-state index contributed by atoms with van der Waals surface area (Å²) in [5.74, 6) is 2.60. The summed E-state index contributed by atoms with van der Waals surface area (Å²) in [5.41, 5.74) is 8.10. The standard InChI is InChI=1S/C47H54N8O8/c1-24(2)40(52-46(58)60-5)45(57)55-26(4)12-13-34(55)42-48-19-32(50-42)28-15-30-22-63-37-18-29(16-31-23-62-36(17-28)38(30)39(31)37)33-20-49-43(51-33)35-14-25(3)21-54(35)44(56)41(53-47(59)61-6)27-10-8-7-9-11-27/h8,10-11,15-20,24-26,34-35,40-41H,7,9,12-14,21-23H2,1-6H3,(H,48,50)(H,49,51)(H,52,58)(H,53,59)/t25-,26-,34-,35-,40?,41?/m0/s1. The van der Waals surface area contributed by atoms with Crippen LogP contribution >= 0.6 is 0 Å². The van der Waals surface area contributed by atoms with E-state index in [0.29, 0.717) is 31.4 Å². The molecule has 2 fully saturated rings. The molecule has 0 saturated carbocycles. The molecule has 4 N–H and O–H groups in total. The number of alkyl carbamates (subject to hydrolysis) is 2. The van der Waals surface area contributed by atoms with Gasteiger partial charge in [0.15, 0.2) is 0 Å². The number of hydrogen-bond donors (Lipinski definition) is 4. The molecule has 2 unspecified atom stereocenters. The number of aromatic nitrogens is 4. The lowest BCUT2D eigenvalue weighted by Gasteiger charge is -2.33. The lowest BCUT2D eigenvalue weighted by Crippen LogP contribution is -2.52. The quantitative estimate of drug-likeness (QED) is 0.126. The number of nitrogens with one attached hydrogen (secondary N) is 4. The summed E-state index contributed by atoms with van der Waals surface area (Å²) >= 11 is 0. The molecule has 1 aliphatic carbocycles. The molecule has 0 spiro atoms. The van der Waals surface area contributed by atoms with Gasteiger partial charge in [-0.3, -0.25) is 9.59 Å². The predicted octanol–water partition coefficient (Wildman–Crippen LogP) is 7.26.